The fourth-order valence-corrected chi connectivity index (χ4v) is 4.25. The number of nitrogens with zero attached hydrogens (tertiary/aromatic N) is 1. The lowest BCUT2D eigenvalue weighted by molar-refractivity contribution is 0.0895. The average molecular weight is 296 g/mol. The first-order chi connectivity index (χ1) is 9.89. The quantitative estimate of drug-likeness (QED) is 0.867. The minimum Gasteiger partial charge on any atom is -0.450 e. The van der Waals surface area contributed by atoms with Crippen molar-refractivity contribution >= 4 is 6.09 Å². The number of rotatable bonds is 3. The Balaban J connectivity index is 1.77. The summed E-state index contributed by atoms with van der Waals surface area (Å²) in [6.07, 6.45) is 5.85. The summed E-state index contributed by atoms with van der Waals surface area (Å²) in [6.45, 7) is 11.1. The fourth-order valence-electron chi connectivity index (χ4n) is 4.25. The van der Waals surface area contributed by atoms with Gasteiger partial charge in [-0.3, -0.25) is 0 Å². The Bertz CT molecular complexity index is 349. The van der Waals surface area contributed by atoms with Crippen molar-refractivity contribution in [1.82, 2.24) is 10.2 Å². The van der Waals surface area contributed by atoms with E-state index in [0.717, 1.165) is 31.8 Å². The van der Waals surface area contributed by atoms with Crippen molar-refractivity contribution in [2.75, 3.05) is 19.7 Å². The van der Waals surface area contributed by atoms with Gasteiger partial charge in [0.2, 0.25) is 0 Å². The Kier molecular flexibility index (Phi) is 5.53. The van der Waals surface area contributed by atoms with E-state index in [1.54, 1.807) is 0 Å². The highest BCUT2D eigenvalue weighted by Gasteiger charge is 2.33. The van der Waals surface area contributed by atoms with Crippen molar-refractivity contribution in [3.63, 3.8) is 0 Å². The Morgan fingerprint density at radius 2 is 1.90 bits per heavy atom. The molecule has 2 unspecified atom stereocenters. The van der Waals surface area contributed by atoms with Gasteiger partial charge in [0.1, 0.15) is 0 Å². The van der Waals surface area contributed by atoms with E-state index in [1.165, 1.54) is 19.3 Å². The molecular formula is C17H32N2O2. The number of piperidine rings is 1. The number of carbonyl (C=O) groups excluding carboxylic acids is 1. The smallest absolute Gasteiger partial charge is 0.409 e. The van der Waals surface area contributed by atoms with E-state index in [0.29, 0.717) is 24.1 Å². The van der Waals surface area contributed by atoms with Crippen LogP contribution in [0.3, 0.4) is 0 Å². The molecule has 4 nitrogen and oxygen atoms in total. The van der Waals surface area contributed by atoms with Gasteiger partial charge < -0.3 is 15.0 Å². The Hall–Kier alpha value is -0.770. The van der Waals surface area contributed by atoms with Crippen LogP contribution in [0.15, 0.2) is 0 Å². The van der Waals surface area contributed by atoms with Crippen LogP contribution in [0.2, 0.25) is 0 Å². The van der Waals surface area contributed by atoms with Crippen LogP contribution in [0.25, 0.3) is 0 Å². The third-order valence-corrected chi connectivity index (χ3v) is 4.88. The van der Waals surface area contributed by atoms with Crippen LogP contribution >= 0.6 is 0 Å². The number of hydrogen-bond acceptors (Lipinski definition) is 3. The molecule has 2 fully saturated rings. The van der Waals surface area contributed by atoms with Crippen molar-refractivity contribution in [3.8, 4) is 0 Å². The van der Waals surface area contributed by atoms with Crippen LogP contribution in [0.4, 0.5) is 4.79 Å². The Morgan fingerprint density at radius 1 is 1.24 bits per heavy atom. The zero-order valence-corrected chi connectivity index (χ0v) is 14.2. The number of ether oxygens (including phenoxy) is 1. The Labute approximate surface area is 129 Å². The zero-order chi connectivity index (χ0) is 15.5. The highest BCUT2D eigenvalue weighted by atomic mass is 16.6. The lowest BCUT2D eigenvalue weighted by Crippen LogP contribution is -2.50. The van der Waals surface area contributed by atoms with Gasteiger partial charge in [-0.05, 0) is 50.4 Å². The van der Waals surface area contributed by atoms with Crippen LogP contribution in [0, 0.1) is 11.3 Å². The molecule has 1 aliphatic carbocycles. The average Bonchev–Trinajstić information content (AvgIpc) is 2.37. The van der Waals surface area contributed by atoms with E-state index in [2.05, 4.69) is 26.1 Å². The van der Waals surface area contributed by atoms with E-state index < -0.39 is 0 Å². The monoisotopic (exact) mass is 296 g/mol. The molecule has 2 rings (SSSR count). The van der Waals surface area contributed by atoms with Crippen LogP contribution in [-0.2, 0) is 4.74 Å². The van der Waals surface area contributed by atoms with Crippen molar-refractivity contribution in [2.24, 2.45) is 11.3 Å². The molecule has 0 spiro atoms. The number of likely N-dealkylation sites (tertiary alicyclic amines) is 1. The Morgan fingerprint density at radius 3 is 2.48 bits per heavy atom. The van der Waals surface area contributed by atoms with Crippen LogP contribution in [0.5, 0.6) is 0 Å². The molecule has 1 saturated carbocycles. The molecule has 2 aliphatic rings. The molecule has 4 heteroatoms. The van der Waals surface area contributed by atoms with Gasteiger partial charge in [-0.15, -0.1) is 0 Å². The van der Waals surface area contributed by atoms with Gasteiger partial charge in [0.25, 0.3) is 0 Å². The molecule has 1 aliphatic heterocycles. The normalized spacial score (nSPS) is 30.2. The van der Waals surface area contributed by atoms with Gasteiger partial charge >= 0.3 is 6.09 Å². The highest BCUT2D eigenvalue weighted by molar-refractivity contribution is 5.67. The van der Waals surface area contributed by atoms with E-state index in [4.69, 9.17) is 4.74 Å². The topological polar surface area (TPSA) is 41.6 Å². The third-order valence-electron chi connectivity index (χ3n) is 4.88. The summed E-state index contributed by atoms with van der Waals surface area (Å²) in [4.78, 5) is 13.5. The maximum absolute atomic E-state index is 11.7. The standard InChI is InChI=1S/C17H32N2O2/c1-5-21-16(20)19-8-6-14(7-9-19)18-15-10-13(2)11-17(3,4)12-15/h13-15,18H,5-12H2,1-4H3. The van der Waals surface area contributed by atoms with E-state index in [9.17, 15) is 4.79 Å². The number of amides is 1. The molecule has 0 bridgehead atoms. The summed E-state index contributed by atoms with van der Waals surface area (Å²) in [6, 6.07) is 1.20. The summed E-state index contributed by atoms with van der Waals surface area (Å²) >= 11 is 0. The zero-order valence-electron chi connectivity index (χ0n) is 14.2. The van der Waals surface area contributed by atoms with Gasteiger partial charge in [0.15, 0.2) is 0 Å². The van der Waals surface area contributed by atoms with Gasteiger partial charge in [-0.2, -0.15) is 0 Å². The summed E-state index contributed by atoms with van der Waals surface area (Å²) < 4.78 is 5.07. The molecular weight excluding hydrogens is 264 g/mol. The molecule has 1 heterocycles. The first kappa shape index (κ1) is 16.6. The molecule has 0 aromatic heterocycles. The number of carbonyl (C=O) groups is 1. The minimum atomic E-state index is -0.150. The summed E-state index contributed by atoms with van der Waals surface area (Å²) in [5, 5.41) is 3.86. The molecule has 1 amide bonds. The molecule has 1 saturated heterocycles. The number of nitrogens with one attached hydrogen (secondary N) is 1. The van der Waals surface area contributed by atoms with Crippen LogP contribution in [0.1, 0.15) is 59.8 Å². The van der Waals surface area contributed by atoms with E-state index in [-0.39, 0.29) is 6.09 Å². The van der Waals surface area contributed by atoms with Crippen molar-refractivity contribution in [3.05, 3.63) is 0 Å². The third kappa shape index (κ3) is 4.87. The lowest BCUT2D eigenvalue weighted by atomic mass is 9.70. The van der Waals surface area contributed by atoms with E-state index >= 15 is 0 Å². The van der Waals surface area contributed by atoms with E-state index in [1.807, 2.05) is 11.8 Å². The van der Waals surface area contributed by atoms with Gasteiger partial charge in [0, 0.05) is 25.2 Å². The summed E-state index contributed by atoms with van der Waals surface area (Å²) in [5.41, 5.74) is 0.459. The van der Waals surface area contributed by atoms with Gasteiger partial charge in [-0.25, -0.2) is 4.79 Å². The highest BCUT2D eigenvalue weighted by Crippen LogP contribution is 2.38. The van der Waals surface area contributed by atoms with Crippen LogP contribution < -0.4 is 5.32 Å². The molecule has 0 aromatic carbocycles. The summed E-state index contributed by atoms with van der Waals surface area (Å²) in [7, 11) is 0. The molecule has 122 valence electrons. The van der Waals surface area contributed by atoms with Crippen molar-refractivity contribution in [2.45, 2.75) is 71.9 Å². The van der Waals surface area contributed by atoms with Gasteiger partial charge in [0.05, 0.1) is 6.61 Å². The van der Waals surface area contributed by atoms with Gasteiger partial charge in [-0.1, -0.05) is 20.8 Å². The molecule has 0 aromatic rings. The second-order valence-corrected chi connectivity index (χ2v) is 7.74. The number of hydrogen-bond donors (Lipinski definition) is 1. The molecule has 21 heavy (non-hydrogen) atoms. The lowest BCUT2D eigenvalue weighted by Gasteiger charge is -2.42. The minimum absolute atomic E-state index is 0.150. The second-order valence-electron chi connectivity index (χ2n) is 7.74. The predicted molar refractivity (Wildman–Crippen MR) is 85.3 cm³/mol. The maximum atomic E-state index is 11.7. The molecule has 0 radical (unpaired) electrons. The second kappa shape index (κ2) is 6.99. The molecule has 2 atom stereocenters. The first-order valence-electron chi connectivity index (χ1n) is 8.57. The van der Waals surface area contributed by atoms with Crippen molar-refractivity contribution in [1.29, 1.82) is 0 Å². The molecule has 1 N–H and O–H groups in total. The van der Waals surface area contributed by atoms with Crippen molar-refractivity contribution < 1.29 is 9.53 Å². The largest absolute Gasteiger partial charge is 0.450 e. The van der Waals surface area contributed by atoms with Crippen LogP contribution in [-0.4, -0.2) is 42.8 Å². The first-order valence-corrected chi connectivity index (χ1v) is 8.57. The predicted octanol–water partition coefficient (Wildman–Crippen LogP) is 3.41. The summed E-state index contributed by atoms with van der Waals surface area (Å²) in [5.74, 6) is 0.811. The SMILES string of the molecule is CCOC(=O)N1CCC(NC2CC(C)CC(C)(C)C2)CC1. The maximum Gasteiger partial charge on any atom is 0.409 e. The fraction of sp³-hybridized carbons (Fsp3) is 0.941.